The van der Waals surface area contributed by atoms with E-state index in [9.17, 15) is 0 Å². The first kappa shape index (κ1) is 13.9. The highest BCUT2D eigenvalue weighted by Crippen LogP contribution is 2.34. The number of nitrogens with one attached hydrogen (secondary N) is 2. The van der Waals surface area contributed by atoms with Gasteiger partial charge in [0.2, 0.25) is 0 Å². The maximum atomic E-state index is 6.08. The van der Waals surface area contributed by atoms with E-state index in [0.29, 0.717) is 0 Å². The van der Waals surface area contributed by atoms with E-state index in [1.807, 2.05) is 18.3 Å². The molecule has 4 nitrogen and oxygen atoms in total. The molecule has 2 N–H and O–H groups in total. The van der Waals surface area contributed by atoms with Crippen LogP contribution in [0.2, 0.25) is 0 Å². The number of hydrogen-bond acceptors (Lipinski definition) is 3. The number of furan rings is 1. The number of aryl methyl sites for hydroxylation is 1. The van der Waals surface area contributed by atoms with E-state index in [2.05, 4.69) is 41.5 Å². The van der Waals surface area contributed by atoms with Gasteiger partial charge in [-0.3, -0.25) is 5.10 Å². The largest absolute Gasteiger partial charge is 0.454 e. The van der Waals surface area contributed by atoms with Crippen molar-refractivity contribution in [3.63, 3.8) is 0 Å². The molecule has 0 saturated carbocycles. The first-order chi connectivity index (χ1) is 10.3. The Labute approximate surface area is 124 Å². The van der Waals surface area contributed by atoms with Crippen molar-refractivity contribution in [1.29, 1.82) is 0 Å². The fourth-order valence-electron chi connectivity index (χ4n) is 2.69. The van der Waals surface area contributed by atoms with Crippen LogP contribution in [0.15, 0.2) is 34.9 Å². The van der Waals surface area contributed by atoms with E-state index >= 15 is 0 Å². The van der Waals surface area contributed by atoms with Crippen molar-refractivity contribution in [2.75, 3.05) is 6.54 Å². The highest BCUT2D eigenvalue weighted by molar-refractivity contribution is 5.87. The number of hydrogen-bond donors (Lipinski definition) is 2. The van der Waals surface area contributed by atoms with Gasteiger partial charge in [0.1, 0.15) is 11.3 Å². The summed E-state index contributed by atoms with van der Waals surface area (Å²) < 4.78 is 6.08. The van der Waals surface area contributed by atoms with E-state index in [1.165, 1.54) is 10.9 Å². The van der Waals surface area contributed by atoms with Crippen LogP contribution in [0.1, 0.15) is 31.4 Å². The third-order valence-corrected chi connectivity index (χ3v) is 3.74. The topological polar surface area (TPSA) is 53.9 Å². The van der Waals surface area contributed by atoms with Crippen molar-refractivity contribution in [3.8, 4) is 11.5 Å². The predicted molar refractivity (Wildman–Crippen MR) is 85.2 cm³/mol. The summed E-state index contributed by atoms with van der Waals surface area (Å²) in [6, 6.07) is 8.19. The summed E-state index contributed by atoms with van der Waals surface area (Å²) in [6.45, 7) is 6.13. The summed E-state index contributed by atoms with van der Waals surface area (Å²) >= 11 is 0. The molecule has 0 fully saturated rings. The molecule has 0 amide bonds. The van der Waals surface area contributed by atoms with Crippen molar-refractivity contribution in [1.82, 2.24) is 15.5 Å². The third kappa shape index (κ3) is 2.59. The van der Waals surface area contributed by atoms with Crippen molar-refractivity contribution in [2.24, 2.45) is 0 Å². The Morgan fingerprint density at radius 3 is 2.90 bits per heavy atom. The molecule has 0 atom stereocenters. The first-order valence-corrected chi connectivity index (χ1v) is 7.58. The molecule has 0 radical (unpaired) electrons. The molecule has 2 aromatic heterocycles. The number of para-hydroxylation sites is 1. The van der Waals surface area contributed by atoms with Crippen LogP contribution in [-0.4, -0.2) is 16.7 Å². The number of aromatic nitrogens is 2. The highest BCUT2D eigenvalue weighted by Gasteiger charge is 2.18. The minimum atomic E-state index is 0.805. The van der Waals surface area contributed by atoms with Crippen LogP contribution in [0.25, 0.3) is 22.4 Å². The average molecular weight is 283 g/mol. The first-order valence-electron chi connectivity index (χ1n) is 7.58. The van der Waals surface area contributed by atoms with Crippen molar-refractivity contribution < 1.29 is 4.42 Å². The number of fused-ring (bicyclic) bond motifs is 1. The van der Waals surface area contributed by atoms with Gasteiger partial charge < -0.3 is 9.73 Å². The number of benzene rings is 1. The molecule has 0 spiro atoms. The Bertz CT molecular complexity index is 727. The second-order valence-corrected chi connectivity index (χ2v) is 5.21. The van der Waals surface area contributed by atoms with Crippen LogP contribution in [0.5, 0.6) is 0 Å². The van der Waals surface area contributed by atoms with Crippen molar-refractivity contribution in [3.05, 3.63) is 41.6 Å². The molecule has 3 rings (SSSR count). The van der Waals surface area contributed by atoms with E-state index in [-0.39, 0.29) is 0 Å². The zero-order chi connectivity index (χ0) is 14.7. The number of H-pyrrole nitrogens is 1. The van der Waals surface area contributed by atoms with Gasteiger partial charge in [-0.2, -0.15) is 5.10 Å². The molecular formula is C17H21N3O. The zero-order valence-corrected chi connectivity index (χ0v) is 12.6. The van der Waals surface area contributed by atoms with Crippen molar-refractivity contribution >= 4 is 11.0 Å². The third-order valence-electron chi connectivity index (χ3n) is 3.74. The zero-order valence-electron chi connectivity index (χ0n) is 12.6. The Morgan fingerprint density at radius 2 is 2.10 bits per heavy atom. The quantitative estimate of drug-likeness (QED) is 0.675. The Kier molecular flexibility index (Phi) is 4.06. The van der Waals surface area contributed by atoms with Gasteiger partial charge in [-0.25, -0.2) is 0 Å². The molecule has 110 valence electrons. The van der Waals surface area contributed by atoms with Gasteiger partial charge in [-0.05, 0) is 25.5 Å². The molecule has 3 aromatic rings. The molecule has 0 aliphatic carbocycles. The molecule has 2 heterocycles. The summed E-state index contributed by atoms with van der Waals surface area (Å²) in [5.41, 5.74) is 4.32. The van der Waals surface area contributed by atoms with Gasteiger partial charge in [-0.1, -0.05) is 32.0 Å². The van der Waals surface area contributed by atoms with Crippen LogP contribution in [0, 0.1) is 0 Å². The number of rotatable bonds is 6. The second-order valence-electron chi connectivity index (χ2n) is 5.21. The van der Waals surface area contributed by atoms with Crippen LogP contribution in [0.4, 0.5) is 0 Å². The van der Waals surface area contributed by atoms with Gasteiger partial charge in [0.25, 0.3) is 0 Å². The summed E-state index contributed by atoms with van der Waals surface area (Å²) in [4.78, 5) is 0. The number of nitrogens with zero attached hydrogens (tertiary/aromatic N) is 1. The SMILES string of the molecule is CCCNCc1cn[nH]c1-c1oc2ccccc2c1CC. The normalized spacial score (nSPS) is 11.3. The lowest BCUT2D eigenvalue weighted by Gasteiger charge is -2.04. The smallest absolute Gasteiger partial charge is 0.156 e. The van der Waals surface area contributed by atoms with Crippen LogP contribution >= 0.6 is 0 Å². The highest BCUT2D eigenvalue weighted by atomic mass is 16.3. The molecule has 21 heavy (non-hydrogen) atoms. The lowest BCUT2D eigenvalue weighted by Crippen LogP contribution is -2.13. The predicted octanol–water partition coefficient (Wildman–Crippen LogP) is 3.88. The Balaban J connectivity index is 2.02. The van der Waals surface area contributed by atoms with Gasteiger partial charge in [0.05, 0.1) is 6.20 Å². The lowest BCUT2D eigenvalue weighted by atomic mass is 10.1. The second kappa shape index (κ2) is 6.14. The molecule has 1 aromatic carbocycles. The van der Waals surface area contributed by atoms with E-state index < -0.39 is 0 Å². The lowest BCUT2D eigenvalue weighted by molar-refractivity contribution is 0.620. The molecule has 0 saturated heterocycles. The monoisotopic (exact) mass is 283 g/mol. The Hall–Kier alpha value is -2.07. The summed E-state index contributed by atoms with van der Waals surface area (Å²) in [5, 5.41) is 11.9. The molecule has 0 aliphatic rings. The minimum absolute atomic E-state index is 0.805. The van der Waals surface area contributed by atoms with Gasteiger partial charge in [0.15, 0.2) is 5.76 Å². The van der Waals surface area contributed by atoms with Crippen LogP contribution < -0.4 is 5.32 Å². The van der Waals surface area contributed by atoms with Crippen LogP contribution in [0.3, 0.4) is 0 Å². The molecule has 0 bridgehead atoms. The Morgan fingerprint density at radius 1 is 1.24 bits per heavy atom. The van der Waals surface area contributed by atoms with Gasteiger partial charge in [-0.15, -0.1) is 0 Å². The van der Waals surface area contributed by atoms with E-state index in [0.717, 1.165) is 48.5 Å². The minimum Gasteiger partial charge on any atom is -0.454 e. The van der Waals surface area contributed by atoms with Gasteiger partial charge >= 0.3 is 0 Å². The van der Waals surface area contributed by atoms with E-state index in [1.54, 1.807) is 0 Å². The summed E-state index contributed by atoms with van der Waals surface area (Å²) in [7, 11) is 0. The molecule has 0 unspecified atom stereocenters. The summed E-state index contributed by atoms with van der Waals surface area (Å²) in [6.07, 6.45) is 3.94. The standard InChI is InChI=1S/C17H21N3O/c1-3-9-18-10-12-11-19-20-16(12)17-13(4-2)14-7-5-6-8-15(14)21-17/h5-8,11,18H,3-4,9-10H2,1-2H3,(H,19,20). The van der Waals surface area contributed by atoms with Crippen molar-refractivity contribution in [2.45, 2.75) is 33.2 Å². The van der Waals surface area contributed by atoms with E-state index in [4.69, 9.17) is 4.42 Å². The maximum Gasteiger partial charge on any atom is 0.156 e. The van der Waals surface area contributed by atoms with Crippen LogP contribution in [-0.2, 0) is 13.0 Å². The maximum absolute atomic E-state index is 6.08. The molecular weight excluding hydrogens is 262 g/mol. The molecule has 0 aliphatic heterocycles. The molecule has 4 heteroatoms. The number of aromatic amines is 1. The fraction of sp³-hybridized carbons (Fsp3) is 0.353. The van der Waals surface area contributed by atoms with Gasteiger partial charge in [0, 0.05) is 23.1 Å². The average Bonchev–Trinajstić information content (AvgIpc) is 3.10. The fourth-order valence-corrected chi connectivity index (χ4v) is 2.69. The summed E-state index contributed by atoms with van der Waals surface area (Å²) in [5.74, 6) is 0.921.